The standard InChI is InChI=1S/C10H20N2O2S/c1-14-9(13)5-3-2-4-8-10(12)7(11)6-15-8/h7-8,10H,2-6,11-12H2,1H3/t7-,8-,10+/m1/s1. The summed E-state index contributed by atoms with van der Waals surface area (Å²) in [5.74, 6) is 0.832. The fourth-order valence-electron chi connectivity index (χ4n) is 1.73. The Balaban J connectivity index is 2.08. The number of ether oxygens (including phenoxy) is 1. The minimum atomic E-state index is -0.130. The zero-order chi connectivity index (χ0) is 11.3. The van der Waals surface area contributed by atoms with Crippen molar-refractivity contribution in [3.8, 4) is 0 Å². The van der Waals surface area contributed by atoms with Gasteiger partial charge in [-0.05, 0) is 12.8 Å². The Hall–Kier alpha value is -0.260. The summed E-state index contributed by atoms with van der Waals surface area (Å²) in [6, 6.07) is 0.258. The fourth-order valence-corrected chi connectivity index (χ4v) is 3.17. The van der Waals surface area contributed by atoms with E-state index in [0.717, 1.165) is 25.0 Å². The molecule has 0 saturated carbocycles. The molecule has 3 atom stereocenters. The number of esters is 1. The van der Waals surface area contributed by atoms with Gasteiger partial charge in [-0.2, -0.15) is 11.8 Å². The van der Waals surface area contributed by atoms with Crippen LogP contribution in [-0.2, 0) is 9.53 Å². The number of carbonyl (C=O) groups is 1. The minimum Gasteiger partial charge on any atom is -0.469 e. The third kappa shape index (κ3) is 4.01. The maximum absolute atomic E-state index is 10.9. The second-order valence-corrected chi connectivity index (χ2v) is 5.21. The Labute approximate surface area is 95.1 Å². The number of hydrogen-bond donors (Lipinski definition) is 2. The van der Waals surface area contributed by atoms with E-state index in [1.54, 1.807) is 0 Å². The van der Waals surface area contributed by atoms with E-state index in [1.165, 1.54) is 7.11 Å². The zero-order valence-corrected chi connectivity index (χ0v) is 9.96. The van der Waals surface area contributed by atoms with Gasteiger partial charge in [-0.3, -0.25) is 4.79 Å². The summed E-state index contributed by atoms with van der Waals surface area (Å²) < 4.78 is 4.57. The summed E-state index contributed by atoms with van der Waals surface area (Å²) in [5.41, 5.74) is 11.8. The van der Waals surface area contributed by atoms with Crippen molar-refractivity contribution in [3.63, 3.8) is 0 Å². The molecule has 4 N–H and O–H groups in total. The van der Waals surface area contributed by atoms with Gasteiger partial charge in [-0.25, -0.2) is 0 Å². The lowest BCUT2D eigenvalue weighted by Crippen LogP contribution is -2.43. The first-order valence-corrected chi connectivity index (χ1v) is 6.39. The summed E-state index contributed by atoms with van der Waals surface area (Å²) in [7, 11) is 1.42. The molecule has 15 heavy (non-hydrogen) atoms. The Kier molecular flexibility index (Phi) is 5.42. The van der Waals surface area contributed by atoms with Crippen LogP contribution in [0.3, 0.4) is 0 Å². The highest BCUT2D eigenvalue weighted by molar-refractivity contribution is 8.00. The average Bonchev–Trinajstić information content (AvgIpc) is 2.55. The molecule has 0 bridgehead atoms. The SMILES string of the molecule is COC(=O)CCCC[C@H]1SC[C@@H](N)[C@@H]1N. The fraction of sp³-hybridized carbons (Fsp3) is 0.900. The lowest BCUT2D eigenvalue weighted by molar-refractivity contribution is -0.140. The van der Waals surface area contributed by atoms with Crippen molar-refractivity contribution in [2.75, 3.05) is 12.9 Å². The van der Waals surface area contributed by atoms with Gasteiger partial charge in [0.25, 0.3) is 0 Å². The van der Waals surface area contributed by atoms with E-state index in [4.69, 9.17) is 11.5 Å². The molecule has 0 unspecified atom stereocenters. The second-order valence-electron chi connectivity index (χ2n) is 3.93. The molecular weight excluding hydrogens is 212 g/mol. The monoisotopic (exact) mass is 232 g/mol. The van der Waals surface area contributed by atoms with Crippen LogP contribution in [0.15, 0.2) is 0 Å². The minimum absolute atomic E-state index is 0.119. The highest BCUT2D eigenvalue weighted by atomic mass is 32.2. The van der Waals surface area contributed by atoms with Crippen molar-refractivity contribution >= 4 is 17.7 Å². The van der Waals surface area contributed by atoms with Crippen LogP contribution < -0.4 is 11.5 Å². The molecular formula is C10H20N2O2S. The van der Waals surface area contributed by atoms with Crippen LogP contribution in [0.5, 0.6) is 0 Å². The van der Waals surface area contributed by atoms with Crippen LogP contribution in [0.2, 0.25) is 0 Å². The molecule has 0 aromatic rings. The molecule has 0 aromatic heterocycles. The molecule has 0 spiro atoms. The molecule has 1 heterocycles. The van der Waals surface area contributed by atoms with E-state index in [2.05, 4.69) is 4.74 Å². The van der Waals surface area contributed by atoms with Crippen molar-refractivity contribution in [1.82, 2.24) is 0 Å². The molecule has 4 nitrogen and oxygen atoms in total. The largest absolute Gasteiger partial charge is 0.469 e. The number of unbranched alkanes of at least 4 members (excludes halogenated alkanes) is 1. The van der Waals surface area contributed by atoms with Crippen LogP contribution in [-0.4, -0.2) is 36.2 Å². The van der Waals surface area contributed by atoms with Crippen molar-refractivity contribution in [3.05, 3.63) is 0 Å². The van der Waals surface area contributed by atoms with Crippen LogP contribution in [0.4, 0.5) is 0 Å². The lowest BCUT2D eigenvalue weighted by atomic mass is 10.0. The van der Waals surface area contributed by atoms with E-state index < -0.39 is 0 Å². The molecule has 1 rings (SSSR count). The highest BCUT2D eigenvalue weighted by Gasteiger charge is 2.30. The van der Waals surface area contributed by atoms with Crippen molar-refractivity contribution < 1.29 is 9.53 Å². The first-order chi connectivity index (χ1) is 7.15. The van der Waals surface area contributed by atoms with Gasteiger partial charge in [-0.1, -0.05) is 6.42 Å². The molecule has 0 aromatic carbocycles. The van der Waals surface area contributed by atoms with Gasteiger partial charge in [0.2, 0.25) is 0 Å². The van der Waals surface area contributed by atoms with E-state index in [1.807, 2.05) is 11.8 Å². The summed E-state index contributed by atoms with van der Waals surface area (Å²) >= 11 is 1.86. The van der Waals surface area contributed by atoms with Crippen molar-refractivity contribution in [1.29, 1.82) is 0 Å². The number of rotatable bonds is 5. The van der Waals surface area contributed by atoms with Crippen LogP contribution in [0, 0.1) is 0 Å². The third-order valence-corrected chi connectivity index (χ3v) is 4.33. The maximum Gasteiger partial charge on any atom is 0.305 e. The van der Waals surface area contributed by atoms with Gasteiger partial charge in [0.1, 0.15) is 0 Å². The maximum atomic E-state index is 10.9. The first-order valence-electron chi connectivity index (χ1n) is 5.34. The normalized spacial score (nSPS) is 30.5. The molecule has 0 radical (unpaired) electrons. The van der Waals surface area contributed by atoms with Gasteiger partial charge >= 0.3 is 5.97 Å². The van der Waals surface area contributed by atoms with Gasteiger partial charge < -0.3 is 16.2 Å². The van der Waals surface area contributed by atoms with E-state index >= 15 is 0 Å². The number of carbonyl (C=O) groups excluding carboxylic acids is 1. The summed E-state index contributed by atoms with van der Waals surface area (Å²) in [4.78, 5) is 10.9. The zero-order valence-electron chi connectivity index (χ0n) is 9.15. The van der Waals surface area contributed by atoms with E-state index in [-0.39, 0.29) is 18.1 Å². The Bertz CT molecular complexity index is 214. The second kappa shape index (κ2) is 6.35. The molecule has 1 fully saturated rings. The lowest BCUT2D eigenvalue weighted by Gasteiger charge is -2.16. The molecule has 0 amide bonds. The third-order valence-electron chi connectivity index (χ3n) is 2.77. The summed E-state index contributed by atoms with van der Waals surface area (Å²) in [5, 5.41) is 0.470. The molecule has 5 heteroatoms. The van der Waals surface area contributed by atoms with Gasteiger partial charge in [0, 0.05) is 29.5 Å². The molecule has 1 saturated heterocycles. The quantitative estimate of drug-likeness (QED) is 0.533. The summed E-state index contributed by atoms with van der Waals surface area (Å²) in [6.45, 7) is 0. The van der Waals surface area contributed by atoms with Crippen LogP contribution in [0.25, 0.3) is 0 Å². The van der Waals surface area contributed by atoms with Gasteiger partial charge in [0.05, 0.1) is 7.11 Å². The number of thioether (sulfide) groups is 1. The number of nitrogens with two attached hydrogens (primary N) is 2. The van der Waals surface area contributed by atoms with Gasteiger partial charge in [0.15, 0.2) is 0 Å². The molecule has 1 aliphatic heterocycles. The van der Waals surface area contributed by atoms with E-state index in [9.17, 15) is 4.79 Å². The Morgan fingerprint density at radius 3 is 2.73 bits per heavy atom. The first kappa shape index (κ1) is 12.8. The Morgan fingerprint density at radius 1 is 1.47 bits per heavy atom. The van der Waals surface area contributed by atoms with Crippen molar-refractivity contribution in [2.24, 2.45) is 11.5 Å². The van der Waals surface area contributed by atoms with E-state index in [0.29, 0.717) is 11.7 Å². The smallest absolute Gasteiger partial charge is 0.305 e. The van der Waals surface area contributed by atoms with Gasteiger partial charge in [-0.15, -0.1) is 0 Å². The number of hydrogen-bond acceptors (Lipinski definition) is 5. The van der Waals surface area contributed by atoms with Crippen molar-refractivity contribution in [2.45, 2.75) is 43.0 Å². The molecule has 1 aliphatic rings. The summed E-state index contributed by atoms with van der Waals surface area (Å²) in [6.07, 6.45) is 3.46. The van der Waals surface area contributed by atoms with Crippen LogP contribution in [0.1, 0.15) is 25.7 Å². The van der Waals surface area contributed by atoms with Crippen LogP contribution >= 0.6 is 11.8 Å². The Morgan fingerprint density at radius 2 is 2.20 bits per heavy atom. The predicted molar refractivity (Wildman–Crippen MR) is 62.7 cm³/mol. The predicted octanol–water partition coefficient (Wildman–Crippen LogP) is 0.490. The molecule has 88 valence electrons. The average molecular weight is 232 g/mol. The highest BCUT2D eigenvalue weighted by Crippen LogP contribution is 2.28. The number of methoxy groups -OCH3 is 1. The molecule has 0 aliphatic carbocycles. The topological polar surface area (TPSA) is 78.3 Å².